The number of rotatable bonds is 9. The molecular weight excluding hydrogens is 615 g/mol. The second kappa shape index (κ2) is 13.3. The molecular formula is C34H43N9O3S. The fourth-order valence-electron chi connectivity index (χ4n) is 7.42. The van der Waals surface area contributed by atoms with Crippen molar-refractivity contribution in [3.05, 3.63) is 70.4 Å². The zero-order valence-corrected chi connectivity index (χ0v) is 27.9. The number of nitrogens with one attached hydrogen (secondary N) is 2. The summed E-state index contributed by atoms with van der Waals surface area (Å²) in [6.45, 7) is 3.03. The van der Waals surface area contributed by atoms with Gasteiger partial charge in [-0.3, -0.25) is 14.3 Å². The van der Waals surface area contributed by atoms with E-state index >= 15 is 0 Å². The number of sulfone groups is 1. The molecule has 2 atom stereocenters. The second-order valence-electron chi connectivity index (χ2n) is 13.4. The van der Waals surface area contributed by atoms with Gasteiger partial charge in [-0.1, -0.05) is 19.3 Å². The van der Waals surface area contributed by atoms with Crippen molar-refractivity contribution in [3.63, 3.8) is 0 Å². The lowest BCUT2D eigenvalue weighted by atomic mass is 9.96. The minimum absolute atomic E-state index is 0.00356. The van der Waals surface area contributed by atoms with E-state index in [-0.39, 0.29) is 23.0 Å². The fraction of sp³-hybridized carbons (Fsp3) is 0.500. The third kappa shape index (κ3) is 6.61. The molecule has 1 aromatic carbocycles. The first-order valence-corrected chi connectivity index (χ1v) is 18.3. The molecule has 0 radical (unpaired) electrons. The minimum atomic E-state index is -3.64. The lowest BCUT2D eigenvalue weighted by molar-refractivity contribution is 0.186. The van der Waals surface area contributed by atoms with Gasteiger partial charge in [-0.25, -0.2) is 13.4 Å². The summed E-state index contributed by atoms with van der Waals surface area (Å²) in [4.78, 5) is 28.5. The zero-order chi connectivity index (χ0) is 32.5. The summed E-state index contributed by atoms with van der Waals surface area (Å²) in [5, 5.41) is 15.1. The molecule has 4 aromatic rings. The molecule has 2 unspecified atom stereocenters. The number of likely N-dealkylation sites (N-methyl/N-ethyl adjacent to an activating group) is 1. The second-order valence-corrected chi connectivity index (χ2v) is 15.6. The normalized spacial score (nSPS) is 21.4. The highest BCUT2D eigenvalue weighted by atomic mass is 32.2. The maximum absolute atomic E-state index is 14.4. The van der Waals surface area contributed by atoms with Crippen LogP contribution < -0.4 is 16.2 Å². The van der Waals surface area contributed by atoms with Crippen molar-refractivity contribution in [3.8, 4) is 0 Å². The number of aromatic nitrogens is 5. The first-order chi connectivity index (χ1) is 22.8. The molecule has 7 rings (SSSR count). The Bertz CT molecular complexity index is 1910. The van der Waals surface area contributed by atoms with Crippen molar-refractivity contribution in [1.82, 2.24) is 34.5 Å². The van der Waals surface area contributed by atoms with E-state index in [0.29, 0.717) is 47.0 Å². The van der Waals surface area contributed by atoms with E-state index in [0.717, 1.165) is 69.5 Å². The quantitative estimate of drug-likeness (QED) is 0.266. The summed E-state index contributed by atoms with van der Waals surface area (Å²) in [7, 11) is 0.550. The Morgan fingerprint density at radius 3 is 2.38 bits per heavy atom. The van der Waals surface area contributed by atoms with Crippen molar-refractivity contribution in [2.75, 3.05) is 44.4 Å². The van der Waals surface area contributed by atoms with E-state index in [4.69, 9.17) is 4.98 Å². The molecule has 3 fully saturated rings. The summed E-state index contributed by atoms with van der Waals surface area (Å²) < 4.78 is 29.1. The van der Waals surface area contributed by atoms with Gasteiger partial charge < -0.3 is 15.5 Å². The Morgan fingerprint density at radius 2 is 1.64 bits per heavy atom. The number of piperidine rings is 1. The number of pyridine rings is 1. The molecule has 2 N–H and O–H groups in total. The highest BCUT2D eigenvalue weighted by Crippen LogP contribution is 2.32. The summed E-state index contributed by atoms with van der Waals surface area (Å²) in [5.41, 5.74) is 3.22. The molecule has 12 nitrogen and oxygen atoms in total. The number of hydrogen-bond acceptors (Lipinski definition) is 11. The van der Waals surface area contributed by atoms with E-state index in [1.54, 1.807) is 10.8 Å². The van der Waals surface area contributed by atoms with Crippen LogP contribution in [0.15, 0.2) is 58.6 Å². The number of nitrogens with zero attached hydrogens (tertiary/aromatic N) is 7. The van der Waals surface area contributed by atoms with Crippen LogP contribution in [0.1, 0.15) is 68.5 Å². The maximum atomic E-state index is 14.4. The first-order valence-electron chi connectivity index (χ1n) is 16.7. The smallest absolute Gasteiger partial charge is 0.257 e. The van der Waals surface area contributed by atoms with Crippen LogP contribution in [0.5, 0.6) is 0 Å². The molecule has 2 aliphatic heterocycles. The van der Waals surface area contributed by atoms with Crippen LogP contribution in [0.25, 0.3) is 11.0 Å². The van der Waals surface area contributed by atoms with Crippen LogP contribution in [0, 0.1) is 0 Å². The van der Waals surface area contributed by atoms with Crippen LogP contribution in [0.2, 0.25) is 0 Å². The standard InChI is InChI=1S/C34H43N9O3S/c1-41-16-14-27(22-41)38-25-10-12-26(13-11-25)39-34-35-18-23-17-29(30-9-5-6-15-42(30)2)33(44)43(32(23)40-34)21-24-19-36-37-20-31(24)47(45,46)28-7-3-4-8-28/h10-13,17-20,27-28,30,38H,3-9,14-16,21-22H2,1-2H3,(H,35,39,40). The first kappa shape index (κ1) is 31.6. The van der Waals surface area contributed by atoms with Crippen molar-refractivity contribution >= 4 is 38.2 Å². The molecule has 248 valence electrons. The number of likely N-dealkylation sites (tertiary alicyclic amines) is 2. The third-order valence-electron chi connectivity index (χ3n) is 10.0. The Morgan fingerprint density at radius 1 is 0.894 bits per heavy atom. The van der Waals surface area contributed by atoms with Gasteiger partial charge in [-0.2, -0.15) is 15.2 Å². The van der Waals surface area contributed by atoms with Gasteiger partial charge in [0, 0.05) is 52.7 Å². The van der Waals surface area contributed by atoms with Gasteiger partial charge in [-0.05, 0) is 89.6 Å². The lowest BCUT2D eigenvalue weighted by Gasteiger charge is -2.32. The highest BCUT2D eigenvalue weighted by molar-refractivity contribution is 7.92. The summed E-state index contributed by atoms with van der Waals surface area (Å²) in [5.74, 6) is 0.345. The number of fused-ring (bicyclic) bond motifs is 1. The zero-order valence-electron chi connectivity index (χ0n) is 27.1. The van der Waals surface area contributed by atoms with Gasteiger partial charge in [-0.15, -0.1) is 0 Å². The average Bonchev–Trinajstić information content (AvgIpc) is 3.77. The predicted octanol–water partition coefficient (Wildman–Crippen LogP) is 4.36. The van der Waals surface area contributed by atoms with Crippen molar-refractivity contribution in [2.24, 2.45) is 0 Å². The molecule has 0 spiro atoms. The van der Waals surface area contributed by atoms with E-state index in [9.17, 15) is 13.2 Å². The van der Waals surface area contributed by atoms with Crippen LogP contribution in [-0.2, 0) is 16.4 Å². The summed E-state index contributed by atoms with van der Waals surface area (Å²) in [6.07, 6.45) is 11.7. The molecule has 1 aliphatic carbocycles. The van der Waals surface area contributed by atoms with Gasteiger partial charge in [0.25, 0.3) is 5.56 Å². The molecule has 2 saturated heterocycles. The monoisotopic (exact) mass is 657 g/mol. The fourth-order valence-corrected chi connectivity index (χ4v) is 9.41. The number of anilines is 3. The average molecular weight is 658 g/mol. The molecule has 0 bridgehead atoms. The maximum Gasteiger partial charge on any atom is 0.257 e. The van der Waals surface area contributed by atoms with E-state index in [1.807, 2.05) is 37.4 Å². The largest absolute Gasteiger partial charge is 0.381 e. The van der Waals surface area contributed by atoms with Gasteiger partial charge in [0.15, 0.2) is 9.84 Å². The molecule has 47 heavy (non-hydrogen) atoms. The topological polar surface area (TPSA) is 138 Å². The van der Waals surface area contributed by atoms with Gasteiger partial charge >= 0.3 is 0 Å². The Kier molecular flexibility index (Phi) is 8.95. The van der Waals surface area contributed by atoms with Crippen LogP contribution in [0.4, 0.5) is 17.3 Å². The van der Waals surface area contributed by atoms with Crippen molar-refractivity contribution in [2.45, 2.75) is 80.1 Å². The molecule has 1 saturated carbocycles. The Hall–Kier alpha value is -3.94. The van der Waals surface area contributed by atoms with Crippen LogP contribution in [-0.4, -0.2) is 88.0 Å². The van der Waals surface area contributed by atoms with Gasteiger partial charge in [0.1, 0.15) is 5.65 Å². The minimum Gasteiger partial charge on any atom is -0.381 e. The number of hydrogen-bond donors (Lipinski definition) is 2. The Balaban J connectivity index is 1.25. The molecule has 5 heterocycles. The molecule has 13 heteroatoms. The molecule has 0 amide bonds. The van der Waals surface area contributed by atoms with Crippen LogP contribution in [0.3, 0.4) is 0 Å². The summed E-state index contributed by atoms with van der Waals surface area (Å²) in [6, 6.07) is 10.3. The molecule has 3 aromatic heterocycles. The SMILES string of the molecule is CN1CCC(Nc2ccc(Nc3ncc4cc(C5CCCCN5C)c(=O)n(Cc5cnncc5S(=O)(=O)C5CCCC5)c4n3)cc2)C1. The van der Waals surface area contributed by atoms with Crippen molar-refractivity contribution in [1.29, 1.82) is 0 Å². The van der Waals surface area contributed by atoms with E-state index in [2.05, 4.69) is 42.7 Å². The molecule has 3 aliphatic rings. The van der Waals surface area contributed by atoms with Crippen LogP contribution >= 0.6 is 0 Å². The highest BCUT2D eigenvalue weighted by Gasteiger charge is 2.33. The van der Waals surface area contributed by atoms with Gasteiger partial charge in [0.05, 0.1) is 29.1 Å². The number of benzene rings is 1. The third-order valence-corrected chi connectivity index (χ3v) is 12.4. The Labute approximate surface area is 275 Å². The predicted molar refractivity (Wildman–Crippen MR) is 183 cm³/mol. The van der Waals surface area contributed by atoms with Crippen molar-refractivity contribution < 1.29 is 8.42 Å². The van der Waals surface area contributed by atoms with E-state index in [1.165, 1.54) is 12.4 Å². The van der Waals surface area contributed by atoms with E-state index < -0.39 is 15.1 Å². The lowest BCUT2D eigenvalue weighted by Crippen LogP contribution is -2.36. The van der Waals surface area contributed by atoms with Gasteiger partial charge in [0.2, 0.25) is 5.95 Å². The summed E-state index contributed by atoms with van der Waals surface area (Å²) >= 11 is 0.